The minimum atomic E-state index is -0.653. The average molecular weight is 257 g/mol. The van der Waals surface area contributed by atoms with Crippen LogP contribution in [-0.2, 0) is 4.79 Å². The second kappa shape index (κ2) is 5.54. The van der Waals surface area contributed by atoms with Crippen molar-refractivity contribution in [3.63, 3.8) is 0 Å². The number of ketones is 1. The lowest BCUT2D eigenvalue weighted by Gasteiger charge is -1.98. The number of benzene rings is 1. The number of azo groups is 1. The predicted octanol–water partition coefficient (Wildman–Crippen LogP) is 3.94. The van der Waals surface area contributed by atoms with E-state index in [4.69, 9.17) is 16.7 Å². The Bertz CT molecular complexity index is 508. The lowest BCUT2D eigenvalue weighted by Crippen LogP contribution is -1.96. The number of hydrogen-bond acceptors (Lipinski definition) is 4. The topological polar surface area (TPSA) is 62.0 Å². The van der Waals surface area contributed by atoms with Gasteiger partial charge in [0.25, 0.3) is 0 Å². The Kier molecular flexibility index (Phi) is 4.34. The molecule has 4 nitrogen and oxygen atoms in total. The van der Waals surface area contributed by atoms with Gasteiger partial charge in [0.1, 0.15) is 11.4 Å². The van der Waals surface area contributed by atoms with E-state index in [1.807, 2.05) is 0 Å². The number of allylic oxidation sites excluding steroid dienone is 2. The third kappa shape index (κ3) is 3.64. The lowest BCUT2D eigenvalue weighted by atomic mass is 10.3. The molecule has 0 aliphatic rings. The molecule has 90 valence electrons. The molecular formula is C11H10ClFN2O2. The van der Waals surface area contributed by atoms with Gasteiger partial charge in [-0.25, -0.2) is 4.39 Å². The molecule has 1 aromatic rings. The van der Waals surface area contributed by atoms with Crippen molar-refractivity contribution in [3.8, 4) is 0 Å². The molecule has 0 unspecified atom stereocenters. The van der Waals surface area contributed by atoms with E-state index in [9.17, 15) is 9.18 Å². The molecule has 0 saturated carbocycles. The first-order valence-corrected chi connectivity index (χ1v) is 5.07. The number of carbonyl (C=O) groups is 1. The Morgan fingerprint density at radius 1 is 1.41 bits per heavy atom. The molecule has 0 fully saturated rings. The first kappa shape index (κ1) is 13.3. The number of hydrogen-bond donors (Lipinski definition) is 1. The minimum Gasteiger partial charge on any atom is -0.510 e. The number of Topliss-reactive ketones (excluding diaryl/α,β-unsaturated/α-hetero) is 1. The summed E-state index contributed by atoms with van der Waals surface area (Å²) in [6.07, 6.45) is 0. The third-order valence-electron chi connectivity index (χ3n) is 1.84. The summed E-state index contributed by atoms with van der Waals surface area (Å²) in [6, 6.07) is 3.85. The van der Waals surface area contributed by atoms with Crippen LogP contribution in [0.4, 0.5) is 10.1 Å². The first-order chi connectivity index (χ1) is 7.91. The van der Waals surface area contributed by atoms with Gasteiger partial charge >= 0.3 is 0 Å². The van der Waals surface area contributed by atoms with Crippen LogP contribution in [-0.4, -0.2) is 10.9 Å². The number of rotatable bonds is 3. The van der Waals surface area contributed by atoms with E-state index in [2.05, 4.69) is 10.2 Å². The highest BCUT2D eigenvalue weighted by Gasteiger charge is 2.07. The van der Waals surface area contributed by atoms with E-state index < -0.39 is 11.6 Å². The van der Waals surface area contributed by atoms with Crippen molar-refractivity contribution >= 4 is 23.1 Å². The summed E-state index contributed by atoms with van der Waals surface area (Å²) in [5.74, 6) is -1.38. The van der Waals surface area contributed by atoms with Gasteiger partial charge in [-0.1, -0.05) is 11.6 Å². The fraction of sp³-hybridized carbons (Fsp3) is 0.182. The highest BCUT2D eigenvalue weighted by molar-refractivity contribution is 6.30. The number of nitrogens with zero attached hydrogens (tertiary/aromatic N) is 2. The molecule has 0 aliphatic carbocycles. The zero-order valence-corrected chi connectivity index (χ0v) is 9.99. The standard InChI is InChI=1S/C11H10ClFN2O2/c1-6(16)11(7(2)17)15-14-10-4-3-8(12)5-9(10)13/h3-5,16H,1-2H3/b11-6+,15-14?. The molecule has 0 atom stereocenters. The van der Waals surface area contributed by atoms with E-state index in [-0.39, 0.29) is 22.2 Å². The number of carbonyl (C=O) groups excluding carboxylic acids is 1. The van der Waals surface area contributed by atoms with Crippen LogP contribution >= 0.6 is 11.6 Å². The van der Waals surface area contributed by atoms with Crippen molar-refractivity contribution in [2.75, 3.05) is 0 Å². The van der Waals surface area contributed by atoms with E-state index in [1.165, 1.54) is 26.0 Å². The second-order valence-electron chi connectivity index (χ2n) is 3.29. The van der Waals surface area contributed by atoms with Gasteiger partial charge < -0.3 is 5.11 Å². The molecule has 0 heterocycles. The summed E-state index contributed by atoms with van der Waals surface area (Å²) in [6.45, 7) is 2.53. The average Bonchev–Trinajstić information content (AvgIpc) is 2.20. The normalized spacial score (nSPS) is 12.7. The second-order valence-corrected chi connectivity index (χ2v) is 3.72. The largest absolute Gasteiger partial charge is 0.510 e. The van der Waals surface area contributed by atoms with Crippen LogP contribution in [0.2, 0.25) is 5.02 Å². The van der Waals surface area contributed by atoms with Crippen molar-refractivity contribution in [2.24, 2.45) is 10.2 Å². The van der Waals surface area contributed by atoms with Gasteiger partial charge in [0.2, 0.25) is 0 Å². The molecule has 0 spiro atoms. The molecule has 0 aromatic heterocycles. The summed E-state index contributed by atoms with van der Waals surface area (Å²) in [5.41, 5.74) is -0.270. The van der Waals surface area contributed by atoms with Gasteiger partial charge in [0.05, 0.1) is 0 Å². The van der Waals surface area contributed by atoms with Gasteiger partial charge in [-0.3, -0.25) is 4.79 Å². The SMILES string of the molecule is CC(=O)/C(N=Nc1ccc(Cl)cc1F)=C(/C)O. The molecule has 0 saturated heterocycles. The maximum atomic E-state index is 13.3. The fourth-order valence-electron chi connectivity index (χ4n) is 1.06. The van der Waals surface area contributed by atoms with Gasteiger partial charge in [-0.05, 0) is 25.1 Å². The van der Waals surface area contributed by atoms with Crippen LogP contribution in [0.1, 0.15) is 13.8 Å². The maximum Gasteiger partial charge on any atom is 0.183 e. The molecule has 0 radical (unpaired) electrons. The van der Waals surface area contributed by atoms with Crippen LogP contribution in [0.5, 0.6) is 0 Å². The zero-order chi connectivity index (χ0) is 13.0. The number of halogens is 2. The van der Waals surface area contributed by atoms with Gasteiger partial charge in [0.15, 0.2) is 17.3 Å². The van der Waals surface area contributed by atoms with E-state index >= 15 is 0 Å². The van der Waals surface area contributed by atoms with Crippen LogP contribution in [0.3, 0.4) is 0 Å². The molecule has 1 rings (SSSR count). The van der Waals surface area contributed by atoms with Crippen molar-refractivity contribution in [1.29, 1.82) is 0 Å². The summed E-state index contributed by atoms with van der Waals surface area (Å²) in [5, 5.41) is 16.5. The van der Waals surface area contributed by atoms with Crippen LogP contribution in [0, 0.1) is 5.82 Å². The van der Waals surface area contributed by atoms with Crippen LogP contribution < -0.4 is 0 Å². The highest BCUT2D eigenvalue weighted by Crippen LogP contribution is 2.22. The Morgan fingerprint density at radius 2 is 2.06 bits per heavy atom. The summed E-state index contributed by atoms with van der Waals surface area (Å²) >= 11 is 5.56. The molecule has 1 aromatic carbocycles. The Hall–Kier alpha value is -1.75. The van der Waals surface area contributed by atoms with E-state index in [1.54, 1.807) is 0 Å². The molecule has 0 amide bonds. The highest BCUT2D eigenvalue weighted by atomic mass is 35.5. The Balaban J connectivity index is 3.05. The smallest absolute Gasteiger partial charge is 0.183 e. The lowest BCUT2D eigenvalue weighted by molar-refractivity contribution is -0.113. The van der Waals surface area contributed by atoms with Gasteiger partial charge in [0, 0.05) is 11.9 Å². The summed E-state index contributed by atoms with van der Waals surface area (Å²) in [7, 11) is 0. The first-order valence-electron chi connectivity index (χ1n) is 4.69. The van der Waals surface area contributed by atoms with Gasteiger partial charge in [-0.15, -0.1) is 10.2 Å². The Labute approximate surface area is 102 Å². The Morgan fingerprint density at radius 3 is 2.53 bits per heavy atom. The third-order valence-corrected chi connectivity index (χ3v) is 2.08. The zero-order valence-electron chi connectivity index (χ0n) is 9.24. The molecule has 1 N–H and O–H groups in total. The summed E-state index contributed by atoms with van der Waals surface area (Å²) in [4.78, 5) is 11.1. The molecule has 0 bridgehead atoms. The minimum absolute atomic E-state index is 0.0607. The van der Waals surface area contributed by atoms with Crippen molar-refractivity contribution in [1.82, 2.24) is 0 Å². The van der Waals surface area contributed by atoms with Crippen LogP contribution in [0.15, 0.2) is 39.9 Å². The fourth-order valence-corrected chi connectivity index (χ4v) is 1.22. The number of aliphatic hydroxyl groups is 1. The van der Waals surface area contributed by atoms with E-state index in [0.717, 1.165) is 6.07 Å². The molecule has 6 heteroatoms. The van der Waals surface area contributed by atoms with Crippen molar-refractivity contribution in [3.05, 3.63) is 40.5 Å². The van der Waals surface area contributed by atoms with Gasteiger partial charge in [-0.2, -0.15) is 0 Å². The maximum absolute atomic E-state index is 13.3. The van der Waals surface area contributed by atoms with Crippen LogP contribution in [0.25, 0.3) is 0 Å². The molecular weight excluding hydrogens is 247 g/mol. The van der Waals surface area contributed by atoms with E-state index in [0.29, 0.717) is 0 Å². The summed E-state index contributed by atoms with van der Waals surface area (Å²) < 4.78 is 13.3. The quantitative estimate of drug-likeness (QED) is 0.506. The number of aliphatic hydroxyl groups excluding tert-OH is 1. The van der Waals surface area contributed by atoms with Crippen molar-refractivity contribution in [2.45, 2.75) is 13.8 Å². The van der Waals surface area contributed by atoms with Crippen molar-refractivity contribution < 1.29 is 14.3 Å². The molecule has 17 heavy (non-hydrogen) atoms. The molecule has 0 aliphatic heterocycles. The predicted molar refractivity (Wildman–Crippen MR) is 61.9 cm³/mol. The monoisotopic (exact) mass is 256 g/mol.